The first-order valence-corrected chi connectivity index (χ1v) is 9.76. The van der Waals surface area contributed by atoms with Crippen LogP contribution in [-0.2, 0) is 31.0 Å². The van der Waals surface area contributed by atoms with Crippen LogP contribution in [0.1, 0.15) is 18.1 Å². The normalized spacial score (nSPS) is 12.9. The van der Waals surface area contributed by atoms with E-state index in [4.69, 9.17) is 0 Å². The van der Waals surface area contributed by atoms with Gasteiger partial charge >= 0.3 is 5.69 Å². The van der Waals surface area contributed by atoms with Crippen molar-refractivity contribution >= 4 is 11.0 Å². The number of halogens is 2. The fourth-order valence-electron chi connectivity index (χ4n) is 2.66. The lowest BCUT2D eigenvalue weighted by atomic mass is 10.2. The SMILES string of the molecule is CCc1ccc(S(=O)n2cc(F)c(=NCc3ccccc3F)n(C)c2=O)cc1. The third kappa shape index (κ3) is 4.01. The van der Waals surface area contributed by atoms with Crippen LogP contribution in [0.3, 0.4) is 0 Å². The van der Waals surface area contributed by atoms with E-state index >= 15 is 0 Å². The largest absolute Gasteiger partial charge is 0.341 e. The van der Waals surface area contributed by atoms with Crippen LogP contribution in [0, 0.1) is 11.6 Å². The van der Waals surface area contributed by atoms with E-state index < -0.39 is 28.3 Å². The van der Waals surface area contributed by atoms with Crippen molar-refractivity contribution in [3.05, 3.63) is 93.5 Å². The predicted molar refractivity (Wildman–Crippen MR) is 103 cm³/mol. The van der Waals surface area contributed by atoms with Crippen LogP contribution in [0.15, 0.2) is 69.4 Å². The average molecular weight is 403 g/mol. The molecule has 2 aromatic carbocycles. The maximum absolute atomic E-state index is 14.6. The highest BCUT2D eigenvalue weighted by atomic mass is 32.2. The van der Waals surface area contributed by atoms with Crippen molar-refractivity contribution in [2.75, 3.05) is 0 Å². The van der Waals surface area contributed by atoms with Gasteiger partial charge in [0.25, 0.3) is 0 Å². The number of aryl methyl sites for hydroxylation is 1. The Morgan fingerprint density at radius 2 is 1.71 bits per heavy atom. The van der Waals surface area contributed by atoms with E-state index in [1.165, 1.54) is 19.2 Å². The summed E-state index contributed by atoms with van der Waals surface area (Å²) in [7, 11) is -0.567. The number of benzene rings is 2. The Bertz CT molecular complexity index is 1150. The van der Waals surface area contributed by atoms with Gasteiger partial charge < -0.3 is 0 Å². The lowest BCUT2D eigenvalue weighted by molar-refractivity contribution is 0.545. The average Bonchev–Trinajstić information content (AvgIpc) is 2.71. The summed E-state index contributed by atoms with van der Waals surface area (Å²) in [6.07, 6.45) is 1.70. The number of hydrogen-bond acceptors (Lipinski definition) is 3. The van der Waals surface area contributed by atoms with Gasteiger partial charge in [0.2, 0.25) is 0 Å². The van der Waals surface area contributed by atoms with Gasteiger partial charge in [-0.05, 0) is 30.2 Å². The Labute approximate surface area is 163 Å². The quantitative estimate of drug-likeness (QED) is 0.658. The maximum Gasteiger partial charge on any atom is 0.341 e. The highest BCUT2D eigenvalue weighted by molar-refractivity contribution is 7.83. The van der Waals surface area contributed by atoms with E-state index in [0.29, 0.717) is 4.90 Å². The van der Waals surface area contributed by atoms with Gasteiger partial charge in [0.15, 0.2) is 22.3 Å². The summed E-state index contributed by atoms with van der Waals surface area (Å²) in [6, 6.07) is 12.9. The molecule has 146 valence electrons. The molecule has 0 amide bonds. The molecule has 0 aliphatic rings. The summed E-state index contributed by atoms with van der Waals surface area (Å²) < 4.78 is 42.8. The van der Waals surface area contributed by atoms with Crippen molar-refractivity contribution in [3.8, 4) is 0 Å². The smallest absolute Gasteiger partial charge is 0.278 e. The molecule has 28 heavy (non-hydrogen) atoms. The number of hydrogen-bond donors (Lipinski definition) is 0. The predicted octanol–water partition coefficient (Wildman–Crippen LogP) is 2.70. The van der Waals surface area contributed by atoms with Gasteiger partial charge in [0.05, 0.1) is 17.6 Å². The van der Waals surface area contributed by atoms with E-state index in [1.807, 2.05) is 19.1 Å². The van der Waals surface area contributed by atoms with Gasteiger partial charge in [-0.1, -0.05) is 37.3 Å². The molecule has 0 aliphatic heterocycles. The zero-order valence-corrected chi connectivity index (χ0v) is 16.2. The van der Waals surface area contributed by atoms with Crippen LogP contribution in [0.2, 0.25) is 0 Å². The topological polar surface area (TPSA) is 56.4 Å². The molecule has 3 aromatic rings. The van der Waals surface area contributed by atoms with Crippen LogP contribution >= 0.6 is 0 Å². The molecule has 0 spiro atoms. The zero-order valence-electron chi connectivity index (χ0n) is 15.4. The van der Waals surface area contributed by atoms with Crippen LogP contribution in [0.4, 0.5) is 8.78 Å². The molecule has 1 atom stereocenters. The monoisotopic (exact) mass is 403 g/mol. The van der Waals surface area contributed by atoms with Crippen LogP contribution < -0.4 is 11.2 Å². The maximum atomic E-state index is 14.6. The van der Waals surface area contributed by atoms with Crippen molar-refractivity contribution < 1.29 is 13.0 Å². The van der Waals surface area contributed by atoms with Gasteiger partial charge in [-0.2, -0.15) is 0 Å². The molecule has 0 fully saturated rings. The second kappa shape index (κ2) is 8.43. The van der Waals surface area contributed by atoms with Crippen LogP contribution in [-0.4, -0.2) is 12.7 Å². The Morgan fingerprint density at radius 1 is 1.04 bits per heavy atom. The molecule has 0 radical (unpaired) electrons. The van der Waals surface area contributed by atoms with Crippen molar-refractivity contribution in [3.63, 3.8) is 0 Å². The Morgan fingerprint density at radius 3 is 2.36 bits per heavy atom. The summed E-state index contributed by atoms with van der Waals surface area (Å²) in [4.78, 5) is 17.0. The Balaban J connectivity index is 2.00. The van der Waals surface area contributed by atoms with E-state index in [2.05, 4.69) is 4.99 Å². The van der Waals surface area contributed by atoms with Crippen molar-refractivity contribution in [1.29, 1.82) is 0 Å². The zero-order chi connectivity index (χ0) is 20.3. The number of nitrogens with zero attached hydrogens (tertiary/aromatic N) is 3. The molecule has 1 heterocycles. The minimum absolute atomic E-state index is 0.123. The minimum atomic E-state index is -1.90. The van der Waals surface area contributed by atoms with E-state index in [9.17, 15) is 17.8 Å². The van der Waals surface area contributed by atoms with Gasteiger partial charge in [-0.25, -0.2) is 21.8 Å². The lowest BCUT2D eigenvalue weighted by Crippen LogP contribution is -2.41. The third-order valence-corrected chi connectivity index (χ3v) is 5.60. The fourth-order valence-corrected chi connectivity index (χ4v) is 3.71. The van der Waals surface area contributed by atoms with Crippen molar-refractivity contribution in [1.82, 2.24) is 8.54 Å². The second-order valence-electron chi connectivity index (χ2n) is 6.12. The Hall–Kier alpha value is -2.87. The first-order valence-electron chi connectivity index (χ1n) is 8.65. The van der Waals surface area contributed by atoms with Gasteiger partial charge in [0, 0.05) is 12.6 Å². The van der Waals surface area contributed by atoms with Crippen molar-refractivity contribution in [2.24, 2.45) is 12.0 Å². The highest BCUT2D eigenvalue weighted by Crippen LogP contribution is 2.10. The van der Waals surface area contributed by atoms with Crippen molar-refractivity contribution in [2.45, 2.75) is 24.8 Å². The van der Waals surface area contributed by atoms with Crippen LogP contribution in [0.5, 0.6) is 0 Å². The summed E-state index contributed by atoms with van der Waals surface area (Å²) in [5.74, 6) is -1.28. The van der Waals surface area contributed by atoms with Gasteiger partial charge in [0.1, 0.15) is 5.82 Å². The molecular formula is C20H19F2N3O2S. The number of rotatable bonds is 5. The fraction of sp³-hybridized carbons (Fsp3) is 0.200. The molecular weight excluding hydrogens is 384 g/mol. The summed E-state index contributed by atoms with van der Waals surface area (Å²) in [6.45, 7) is 1.87. The first kappa shape index (κ1) is 19.9. The highest BCUT2D eigenvalue weighted by Gasteiger charge is 2.14. The van der Waals surface area contributed by atoms with E-state index in [-0.39, 0.29) is 17.6 Å². The van der Waals surface area contributed by atoms with E-state index in [1.54, 1.807) is 24.3 Å². The summed E-state index contributed by atoms with van der Waals surface area (Å²) in [5.41, 5.74) is 0.423. The Kier molecular flexibility index (Phi) is 5.99. The first-order chi connectivity index (χ1) is 13.4. The molecule has 8 heteroatoms. The standard InChI is InChI=1S/C20H19F2N3O2S/c1-3-14-8-10-16(11-9-14)28(27)25-13-18(22)19(24(2)20(25)26)23-12-15-6-4-5-7-17(15)21/h4-11,13H,3,12H2,1-2H3. The molecule has 3 rings (SSSR count). The molecule has 5 nitrogen and oxygen atoms in total. The number of aromatic nitrogens is 2. The molecule has 0 saturated carbocycles. The second-order valence-corrected chi connectivity index (χ2v) is 7.49. The summed E-state index contributed by atoms with van der Waals surface area (Å²) >= 11 is 0. The molecule has 1 aromatic heterocycles. The molecule has 0 bridgehead atoms. The lowest BCUT2D eigenvalue weighted by Gasteiger charge is -2.09. The van der Waals surface area contributed by atoms with Gasteiger partial charge in [-0.15, -0.1) is 0 Å². The minimum Gasteiger partial charge on any atom is -0.278 e. The van der Waals surface area contributed by atoms with Crippen LogP contribution in [0.25, 0.3) is 0 Å². The third-order valence-electron chi connectivity index (χ3n) is 4.31. The molecule has 0 aliphatic carbocycles. The molecule has 1 unspecified atom stereocenters. The molecule has 0 N–H and O–H groups in total. The van der Waals surface area contributed by atoms with Gasteiger partial charge in [-0.3, -0.25) is 9.56 Å². The molecule has 0 saturated heterocycles. The van der Waals surface area contributed by atoms with E-state index in [0.717, 1.165) is 26.7 Å². The summed E-state index contributed by atoms with van der Waals surface area (Å²) in [5, 5.41) is 0.